The van der Waals surface area contributed by atoms with Crippen LogP contribution in [0.5, 0.6) is 0 Å². The van der Waals surface area contributed by atoms with Gasteiger partial charge in [-0.15, -0.1) is 0 Å². The van der Waals surface area contributed by atoms with E-state index < -0.39 is 63.9 Å². The van der Waals surface area contributed by atoms with Gasteiger partial charge in [0.15, 0.2) is 0 Å². The number of alkyl halides is 3. The molecule has 1 unspecified atom stereocenters. The van der Waals surface area contributed by atoms with Crippen LogP contribution < -0.4 is 11.1 Å². The van der Waals surface area contributed by atoms with Crippen LogP contribution in [-0.4, -0.2) is 21.6 Å². The van der Waals surface area contributed by atoms with Crippen molar-refractivity contribution in [3.05, 3.63) is 86.8 Å². The van der Waals surface area contributed by atoms with Gasteiger partial charge in [-0.1, -0.05) is 11.6 Å². The van der Waals surface area contributed by atoms with Crippen molar-refractivity contribution in [3.63, 3.8) is 0 Å². The molecule has 6 nitrogen and oxygen atoms in total. The molecule has 0 saturated heterocycles. The number of nitrogens with zero attached hydrogens (tertiary/aromatic N) is 2. The van der Waals surface area contributed by atoms with E-state index >= 15 is 0 Å². The highest BCUT2D eigenvalue weighted by molar-refractivity contribution is 6.31. The zero-order chi connectivity index (χ0) is 27.0. The van der Waals surface area contributed by atoms with Crippen LogP contribution >= 0.6 is 11.6 Å². The van der Waals surface area contributed by atoms with Crippen molar-refractivity contribution in [3.8, 4) is 11.1 Å². The third-order valence-corrected chi connectivity index (χ3v) is 6.44. The van der Waals surface area contributed by atoms with Crippen LogP contribution in [0.3, 0.4) is 0 Å². The molecule has 4 aromatic rings. The molecule has 13 heteroatoms. The minimum absolute atomic E-state index is 0.0259. The number of primary amides is 1. The Kier molecular flexibility index (Phi) is 5.48. The predicted molar refractivity (Wildman–Crippen MR) is 120 cm³/mol. The van der Waals surface area contributed by atoms with Gasteiger partial charge in [-0.05, 0) is 42.0 Å². The van der Waals surface area contributed by atoms with Crippen LogP contribution in [0.4, 0.5) is 26.3 Å². The monoisotopic (exact) mass is 538 g/mol. The van der Waals surface area contributed by atoms with Crippen LogP contribution in [0.25, 0.3) is 22.0 Å². The molecule has 1 aliphatic rings. The summed E-state index contributed by atoms with van der Waals surface area (Å²) in [5.74, 6) is -5.41. The molecular formula is C24H13ClF6N4O2. The van der Waals surface area contributed by atoms with Gasteiger partial charge in [0, 0.05) is 28.8 Å². The molecule has 3 aromatic carbocycles. The lowest BCUT2D eigenvalue weighted by Crippen LogP contribution is -2.21. The first-order chi connectivity index (χ1) is 17.3. The highest BCUT2D eigenvalue weighted by atomic mass is 35.5. The highest BCUT2D eigenvalue weighted by Gasteiger charge is 2.42. The number of aromatic nitrogens is 2. The minimum atomic E-state index is -5.20. The lowest BCUT2D eigenvalue weighted by atomic mass is 9.84. The lowest BCUT2D eigenvalue weighted by Gasteiger charge is -2.22. The van der Waals surface area contributed by atoms with Gasteiger partial charge in [0.05, 0.1) is 28.1 Å². The number of hydrogen-bond donors (Lipinski definition) is 2. The molecule has 0 saturated carbocycles. The number of rotatable bonds is 3. The van der Waals surface area contributed by atoms with E-state index in [1.54, 1.807) is 0 Å². The van der Waals surface area contributed by atoms with E-state index in [1.807, 2.05) is 0 Å². The van der Waals surface area contributed by atoms with Crippen LogP contribution in [-0.2, 0) is 13.2 Å². The van der Waals surface area contributed by atoms with Crippen LogP contribution in [0.15, 0.2) is 36.4 Å². The molecule has 0 fully saturated rings. The van der Waals surface area contributed by atoms with Crippen LogP contribution in [0, 0.1) is 17.6 Å². The van der Waals surface area contributed by atoms with E-state index in [2.05, 4.69) is 10.4 Å². The molecule has 5 rings (SSSR count). The topological polar surface area (TPSA) is 90.0 Å². The minimum Gasteiger partial charge on any atom is -0.366 e. The van der Waals surface area contributed by atoms with Crippen molar-refractivity contribution in [2.45, 2.75) is 12.2 Å². The summed E-state index contributed by atoms with van der Waals surface area (Å²) in [5, 5.41) is 6.12. The van der Waals surface area contributed by atoms with E-state index in [1.165, 1.54) is 13.1 Å². The van der Waals surface area contributed by atoms with Crippen LogP contribution in [0.2, 0.25) is 5.02 Å². The fourth-order valence-corrected chi connectivity index (χ4v) is 4.84. The fourth-order valence-electron chi connectivity index (χ4n) is 4.61. The van der Waals surface area contributed by atoms with Crippen molar-refractivity contribution in [2.75, 3.05) is 0 Å². The summed E-state index contributed by atoms with van der Waals surface area (Å²) in [6.07, 6.45) is -5.20. The number of aryl methyl sites for hydroxylation is 1. The zero-order valence-electron chi connectivity index (χ0n) is 18.5. The summed E-state index contributed by atoms with van der Waals surface area (Å²) in [4.78, 5) is 25.3. The smallest absolute Gasteiger partial charge is 0.366 e. The molecule has 1 atom stereocenters. The van der Waals surface area contributed by atoms with Crippen molar-refractivity contribution in [1.29, 1.82) is 0 Å². The lowest BCUT2D eigenvalue weighted by molar-refractivity contribution is -0.137. The first-order valence-corrected chi connectivity index (χ1v) is 10.8. The number of hydrogen-bond acceptors (Lipinski definition) is 3. The summed E-state index contributed by atoms with van der Waals surface area (Å²) < 4.78 is 86.6. The molecule has 2 heterocycles. The number of amides is 2. The maximum atomic E-state index is 15.0. The first-order valence-electron chi connectivity index (χ1n) is 10.5. The fraction of sp³-hybridized carbons (Fsp3) is 0.125. The number of fused-ring (bicyclic) bond motifs is 3. The Hall–Kier alpha value is -4.06. The van der Waals surface area contributed by atoms with E-state index in [9.17, 15) is 35.9 Å². The third-order valence-electron chi connectivity index (χ3n) is 6.10. The average Bonchev–Trinajstić information content (AvgIpc) is 3.30. The third kappa shape index (κ3) is 3.79. The Morgan fingerprint density at radius 3 is 2.43 bits per heavy atom. The van der Waals surface area contributed by atoms with E-state index in [-0.39, 0.29) is 38.7 Å². The highest BCUT2D eigenvalue weighted by Crippen LogP contribution is 2.48. The number of carbonyl (C=O) groups is 2. The quantitative estimate of drug-likeness (QED) is 0.349. The van der Waals surface area contributed by atoms with Gasteiger partial charge < -0.3 is 11.1 Å². The van der Waals surface area contributed by atoms with Gasteiger partial charge in [-0.3, -0.25) is 9.59 Å². The summed E-state index contributed by atoms with van der Waals surface area (Å²) in [5.41, 5.74) is 0.817. The largest absolute Gasteiger partial charge is 0.417 e. The number of carbonyl (C=O) groups excluding carboxylic acids is 2. The standard InChI is InChI=1S/C24H13ClF6N4O2/c1-35-21(28)13-7-11(16-12(22(32)36)5-9(27)6-14(16)24(29,30)31)17-18(20(13)34-35)23(37)33-19(17)10-4-8(26)2-3-15(10)25/h2-7,19H,1H3,(H2,32,36)(H,33,37). The second-order valence-corrected chi connectivity index (χ2v) is 8.74. The number of nitrogens with one attached hydrogen (secondary N) is 1. The molecule has 2 amide bonds. The van der Waals surface area contributed by atoms with Gasteiger partial charge in [-0.2, -0.15) is 22.7 Å². The predicted octanol–water partition coefficient (Wildman–Crippen LogP) is 5.26. The molecule has 0 radical (unpaired) electrons. The maximum Gasteiger partial charge on any atom is 0.417 e. The Morgan fingerprint density at radius 2 is 1.78 bits per heavy atom. The van der Waals surface area contributed by atoms with Crippen LogP contribution in [0.1, 0.15) is 43.4 Å². The second kappa shape index (κ2) is 8.23. The van der Waals surface area contributed by atoms with E-state index in [0.29, 0.717) is 6.07 Å². The summed E-state index contributed by atoms with van der Waals surface area (Å²) in [6, 6.07) is 3.49. The Bertz CT molecular complexity index is 1660. The number of benzene rings is 3. The van der Waals surface area contributed by atoms with Gasteiger partial charge >= 0.3 is 6.18 Å². The summed E-state index contributed by atoms with van der Waals surface area (Å²) in [7, 11) is 1.21. The Labute approximate surface area is 208 Å². The maximum absolute atomic E-state index is 15.0. The van der Waals surface area contributed by atoms with Crippen molar-refractivity contribution < 1.29 is 35.9 Å². The number of halogens is 7. The van der Waals surface area contributed by atoms with Crippen molar-refractivity contribution in [2.24, 2.45) is 12.8 Å². The molecule has 1 aliphatic heterocycles. The molecule has 0 spiro atoms. The molecule has 190 valence electrons. The van der Waals surface area contributed by atoms with Gasteiger partial charge in [0.25, 0.3) is 5.91 Å². The average molecular weight is 539 g/mol. The van der Waals surface area contributed by atoms with Gasteiger partial charge in [0.1, 0.15) is 17.2 Å². The van der Waals surface area contributed by atoms with Crippen molar-refractivity contribution >= 4 is 34.3 Å². The van der Waals surface area contributed by atoms with Gasteiger partial charge in [0.2, 0.25) is 11.9 Å². The van der Waals surface area contributed by atoms with Gasteiger partial charge in [-0.25, -0.2) is 13.5 Å². The van der Waals surface area contributed by atoms with E-state index in [0.717, 1.165) is 22.9 Å². The Morgan fingerprint density at radius 1 is 1.08 bits per heavy atom. The molecule has 1 aromatic heterocycles. The first kappa shape index (κ1) is 24.6. The SMILES string of the molecule is Cn1nc2c3c(c(-c4c(C(N)=O)cc(F)cc4C(F)(F)F)cc2c1F)C(c1cc(F)ccc1Cl)NC3=O. The molecule has 3 N–H and O–H groups in total. The molecule has 0 bridgehead atoms. The van der Waals surface area contributed by atoms with E-state index in [4.69, 9.17) is 17.3 Å². The van der Waals surface area contributed by atoms with Crippen molar-refractivity contribution in [1.82, 2.24) is 15.1 Å². The summed E-state index contributed by atoms with van der Waals surface area (Å²) >= 11 is 6.24. The zero-order valence-corrected chi connectivity index (χ0v) is 19.2. The molecule has 0 aliphatic carbocycles. The Balaban J connectivity index is 2.00. The molecule has 37 heavy (non-hydrogen) atoms. The second-order valence-electron chi connectivity index (χ2n) is 8.33. The normalized spacial score (nSPS) is 15.2. The number of nitrogens with two attached hydrogens (primary N) is 1. The molecular weight excluding hydrogens is 526 g/mol. The summed E-state index contributed by atoms with van der Waals surface area (Å²) in [6.45, 7) is 0.